The number of hydrogen-bond donors (Lipinski definition) is 2. The predicted octanol–water partition coefficient (Wildman–Crippen LogP) is 2.05. The van der Waals surface area contributed by atoms with Gasteiger partial charge in [0, 0.05) is 18.8 Å². The summed E-state index contributed by atoms with van der Waals surface area (Å²) < 4.78 is 34.2. The Labute approximate surface area is 117 Å². The maximum Gasteiger partial charge on any atom is 0.261 e. The van der Waals surface area contributed by atoms with Gasteiger partial charge in [-0.1, -0.05) is 6.92 Å². The number of aromatic nitrogens is 1. The van der Waals surface area contributed by atoms with Crippen LogP contribution in [-0.4, -0.2) is 31.2 Å². The van der Waals surface area contributed by atoms with E-state index in [2.05, 4.69) is 10.4 Å². The molecule has 0 aliphatic carbocycles. The van der Waals surface area contributed by atoms with Crippen LogP contribution >= 0.6 is 0 Å². The van der Waals surface area contributed by atoms with Crippen molar-refractivity contribution in [2.24, 2.45) is 5.84 Å². The van der Waals surface area contributed by atoms with Crippen molar-refractivity contribution in [3.63, 3.8) is 0 Å². The van der Waals surface area contributed by atoms with Gasteiger partial charge in [0.2, 0.25) is 0 Å². The van der Waals surface area contributed by atoms with E-state index in [1.165, 1.54) is 0 Å². The minimum atomic E-state index is -2.45. The van der Waals surface area contributed by atoms with Crippen LogP contribution in [0.15, 0.2) is 18.5 Å². The fourth-order valence-electron chi connectivity index (χ4n) is 1.64. The van der Waals surface area contributed by atoms with Crippen LogP contribution in [0, 0.1) is 0 Å². The third kappa shape index (κ3) is 6.23. The summed E-state index contributed by atoms with van der Waals surface area (Å²) in [5.41, 5.74) is 3.46. The Bertz CT molecular complexity index is 380. The molecule has 0 amide bonds. The largest absolute Gasteiger partial charge is 0.492 e. The first-order chi connectivity index (χ1) is 9.67. The van der Waals surface area contributed by atoms with Crippen molar-refractivity contribution in [1.82, 2.24) is 10.4 Å². The summed E-state index contributed by atoms with van der Waals surface area (Å²) in [6.07, 6.45) is 2.22. The number of rotatable bonds is 10. The van der Waals surface area contributed by atoms with Crippen molar-refractivity contribution in [2.45, 2.75) is 32.2 Å². The highest BCUT2D eigenvalue weighted by Gasteiger charge is 2.12. The van der Waals surface area contributed by atoms with Crippen LogP contribution in [-0.2, 0) is 4.74 Å². The zero-order chi connectivity index (χ0) is 14.8. The zero-order valence-corrected chi connectivity index (χ0v) is 11.5. The Kier molecular flexibility index (Phi) is 8.01. The minimum absolute atomic E-state index is 0.194. The Hall–Kier alpha value is -1.31. The molecule has 1 aromatic heterocycles. The normalized spacial score (nSPS) is 12.7. The number of hydrazine groups is 1. The molecule has 20 heavy (non-hydrogen) atoms. The highest BCUT2D eigenvalue weighted by molar-refractivity contribution is 5.25. The summed E-state index contributed by atoms with van der Waals surface area (Å²) in [4.78, 5) is 4.08. The first kappa shape index (κ1) is 16.7. The van der Waals surface area contributed by atoms with E-state index in [-0.39, 0.29) is 12.6 Å². The molecule has 114 valence electrons. The highest BCUT2D eigenvalue weighted by atomic mass is 19.3. The summed E-state index contributed by atoms with van der Waals surface area (Å²) >= 11 is 0. The molecule has 1 atom stereocenters. The number of nitrogens with two attached hydrogens (primary N) is 1. The van der Waals surface area contributed by atoms with E-state index < -0.39 is 13.0 Å². The molecule has 1 unspecified atom stereocenters. The number of halogens is 2. The van der Waals surface area contributed by atoms with Crippen LogP contribution in [0.5, 0.6) is 5.75 Å². The molecule has 5 nitrogen and oxygen atoms in total. The smallest absolute Gasteiger partial charge is 0.261 e. The van der Waals surface area contributed by atoms with Crippen LogP contribution < -0.4 is 16.0 Å². The summed E-state index contributed by atoms with van der Waals surface area (Å²) in [5.74, 6) is 6.14. The number of nitrogens with one attached hydrogen (secondary N) is 1. The molecular weight excluding hydrogens is 268 g/mol. The molecule has 1 rings (SSSR count). The van der Waals surface area contributed by atoms with E-state index in [4.69, 9.17) is 15.3 Å². The van der Waals surface area contributed by atoms with E-state index >= 15 is 0 Å². The molecule has 0 saturated carbocycles. The molecule has 0 radical (unpaired) electrons. The lowest BCUT2D eigenvalue weighted by Gasteiger charge is -2.17. The molecular formula is C13H21F2N3O2. The maximum atomic E-state index is 11.9. The van der Waals surface area contributed by atoms with Crippen molar-refractivity contribution < 1.29 is 18.3 Å². The standard InChI is InChI=1S/C13H21F2N3O2/c1-2-4-20-11-6-10(7-17-8-11)12(18-16)3-5-19-9-13(14)15/h6-8,12-13,18H,2-5,9,16H2,1H3. The molecule has 0 aliphatic rings. The van der Waals surface area contributed by atoms with E-state index in [0.717, 1.165) is 12.0 Å². The zero-order valence-electron chi connectivity index (χ0n) is 11.5. The number of hydrogen-bond acceptors (Lipinski definition) is 5. The Morgan fingerprint density at radius 3 is 2.80 bits per heavy atom. The Morgan fingerprint density at radius 1 is 1.35 bits per heavy atom. The molecule has 7 heteroatoms. The Morgan fingerprint density at radius 2 is 2.15 bits per heavy atom. The highest BCUT2D eigenvalue weighted by Crippen LogP contribution is 2.20. The van der Waals surface area contributed by atoms with Crippen molar-refractivity contribution >= 4 is 0 Å². The fraction of sp³-hybridized carbons (Fsp3) is 0.615. The molecule has 0 bridgehead atoms. The van der Waals surface area contributed by atoms with Crippen LogP contribution in [0.2, 0.25) is 0 Å². The SMILES string of the molecule is CCCOc1cncc(C(CCOCC(F)F)NN)c1. The third-order valence-electron chi connectivity index (χ3n) is 2.61. The van der Waals surface area contributed by atoms with Crippen LogP contribution in [0.3, 0.4) is 0 Å². The molecule has 3 N–H and O–H groups in total. The predicted molar refractivity (Wildman–Crippen MR) is 71.5 cm³/mol. The van der Waals surface area contributed by atoms with Gasteiger partial charge >= 0.3 is 0 Å². The van der Waals surface area contributed by atoms with Crippen LogP contribution in [0.25, 0.3) is 0 Å². The molecule has 0 spiro atoms. The van der Waals surface area contributed by atoms with Crippen molar-refractivity contribution in [3.8, 4) is 5.75 Å². The second-order valence-electron chi connectivity index (χ2n) is 4.28. The van der Waals surface area contributed by atoms with E-state index in [1.807, 2.05) is 13.0 Å². The molecule has 1 heterocycles. The second-order valence-corrected chi connectivity index (χ2v) is 4.28. The van der Waals surface area contributed by atoms with Gasteiger partial charge in [0.1, 0.15) is 12.4 Å². The van der Waals surface area contributed by atoms with E-state index in [0.29, 0.717) is 18.8 Å². The van der Waals surface area contributed by atoms with Crippen LogP contribution in [0.1, 0.15) is 31.4 Å². The van der Waals surface area contributed by atoms with Gasteiger partial charge in [0.25, 0.3) is 6.43 Å². The van der Waals surface area contributed by atoms with Gasteiger partial charge in [-0.25, -0.2) is 8.78 Å². The Balaban J connectivity index is 2.51. The summed E-state index contributed by atoms with van der Waals surface area (Å²) in [7, 11) is 0. The number of alkyl halides is 2. The minimum Gasteiger partial charge on any atom is -0.492 e. The van der Waals surface area contributed by atoms with Gasteiger partial charge < -0.3 is 9.47 Å². The van der Waals surface area contributed by atoms with Crippen molar-refractivity contribution in [2.75, 3.05) is 19.8 Å². The second kappa shape index (κ2) is 9.57. The average Bonchev–Trinajstić information content (AvgIpc) is 2.45. The third-order valence-corrected chi connectivity index (χ3v) is 2.61. The maximum absolute atomic E-state index is 11.9. The molecule has 0 fully saturated rings. The average molecular weight is 289 g/mol. The lowest BCUT2D eigenvalue weighted by Crippen LogP contribution is -2.29. The van der Waals surface area contributed by atoms with Gasteiger partial charge in [-0.05, 0) is 24.5 Å². The van der Waals surface area contributed by atoms with Crippen molar-refractivity contribution in [1.29, 1.82) is 0 Å². The van der Waals surface area contributed by atoms with Gasteiger partial charge in [0.05, 0.1) is 12.8 Å². The van der Waals surface area contributed by atoms with Gasteiger partial charge in [0.15, 0.2) is 0 Å². The monoisotopic (exact) mass is 289 g/mol. The lowest BCUT2D eigenvalue weighted by molar-refractivity contribution is 0.0143. The van der Waals surface area contributed by atoms with Gasteiger partial charge in [-0.15, -0.1) is 0 Å². The van der Waals surface area contributed by atoms with Gasteiger partial charge in [-0.2, -0.15) is 0 Å². The number of pyridine rings is 1. The van der Waals surface area contributed by atoms with E-state index in [1.54, 1.807) is 12.4 Å². The first-order valence-electron chi connectivity index (χ1n) is 6.57. The molecule has 1 aromatic rings. The topological polar surface area (TPSA) is 69.4 Å². The summed E-state index contributed by atoms with van der Waals surface area (Å²) in [6.45, 7) is 2.26. The first-order valence-corrected chi connectivity index (χ1v) is 6.57. The molecule has 0 aliphatic heterocycles. The molecule has 0 aromatic carbocycles. The fourth-order valence-corrected chi connectivity index (χ4v) is 1.64. The van der Waals surface area contributed by atoms with E-state index in [9.17, 15) is 8.78 Å². The summed E-state index contributed by atoms with van der Waals surface area (Å²) in [6, 6.07) is 1.62. The quantitative estimate of drug-likeness (QED) is 0.392. The number of ether oxygens (including phenoxy) is 2. The molecule has 0 saturated heterocycles. The number of nitrogens with zero attached hydrogens (tertiary/aromatic N) is 1. The summed E-state index contributed by atoms with van der Waals surface area (Å²) in [5, 5.41) is 0. The van der Waals surface area contributed by atoms with Crippen LogP contribution in [0.4, 0.5) is 8.78 Å². The van der Waals surface area contributed by atoms with Gasteiger partial charge in [-0.3, -0.25) is 16.3 Å². The van der Waals surface area contributed by atoms with Crippen molar-refractivity contribution in [3.05, 3.63) is 24.0 Å². The lowest BCUT2D eigenvalue weighted by atomic mass is 10.1.